The molecule has 0 unspecified atom stereocenters. The Hall–Kier alpha value is -1.17. The van der Waals surface area contributed by atoms with Crippen LogP contribution < -0.4 is 0 Å². The molecule has 0 aliphatic carbocycles. The maximum Gasteiger partial charge on any atom is 0.132 e. The monoisotopic (exact) mass is 522 g/mol. The smallest absolute Gasteiger partial charge is 0.132 e. The van der Waals surface area contributed by atoms with E-state index in [0.29, 0.717) is 139 Å². The lowest BCUT2D eigenvalue weighted by atomic mass is 10.3. The summed E-state index contributed by atoms with van der Waals surface area (Å²) < 4.78 is 53.5. The first-order chi connectivity index (χ1) is 17.8. The van der Waals surface area contributed by atoms with Crippen molar-refractivity contribution in [3.63, 3.8) is 0 Å². The van der Waals surface area contributed by atoms with Crippen molar-refractivity contribution in [3.05, 3.63) is 0 Å². The van der Waals surface area contributed by atoms with Crippen LogP contribution in [0.15, 0.2) is 0 Å². The molecule has 0 saturated heterocycles. The summed E-state index contributed by atoms with van der Waals surface area (Å²) in [5, 5.41) is 0. The summed E-state index contributed by atoms with van der Waals surface area (Å²) >= 11 is 0. The van der Waals surface area contributed by atoms with E-state index in [2.05, 4.69) is 5.92 Å². The number of rotatable bonds is 31. The van der Waals surface area contributed by atoms with Gasteiger partial charge in [-0.2, -0.15) is 0 Å². The second-order valence-electron chi connectivity index (χ2n) is 7.22. The van der Waals surface area contributed by atoms with E-state index >= 15 is 0 Å². The summed E-state index contributed by atoms with van der Waals surface area (Å²) in [4.78, 5) is 10.7. The molecule has 0 rings (SSSR count). The maximum atomic E-state index is 10.7. The molecule has 0 aromatic rings. The molecule has 0 radical (unpaired) electrons. The molecule has 0 heterocycles. The van der Waals surface area contributed by atoms with Gasteiger partial charge in [-0.1, -0.05) is 5.92 Å². The van der Waals surface area contributed by atoms with E-state index in [9.17, 15) is 4.79 Å². The van der Waals surface area contributed by atoms with Crippen LogP contribution in [-0.2, 0) is 52.2 Å². The van der Waals surface area contributed by atoms with Crippen LogP contribution in [0.5, 0.6) is 0 Å². The van der Waals surface area contributed by atoms with Crippen molar-refractivity contribution in [1.82, 2.24) is 0 Å². The van der Waals surface area contributed by atoms with Crippen LogP contribution >= 0.6 is 0 Å². The van der Waals surface area contributed by atoms with Crippen molar-refractivity contribution in [2.75, 3.05) is 132 Å². The molecule has 0 aliphatic heterocycles. The molecule has 0 bridgehead atoms. The second-order valence-corrected chi connectivity index (χ2v) is 7.22. The highest BCUT2D eigenvalue weighted by Crippen LogP contribution is 1.87. The molecule has 0 fully saturated rings. The Balaban J connectivity index is 3.02. The van der Waals surface area contributed by atoms with E-state index in [-0.39, 0.29) is 5.78 Å². The third-order valence-corrected chi connectivity index (χ3v) is 4.13. The number of ketones is 1. The first kappa shape index (κ1) is 34.8. The van der Waals surface area contributed by atoms with Crippen LogP contribution in [0.25, 0.3) is 0 Å². The Kier molecular flexibility index (Phi) is 30.8. The predicted molar refractivity (Wildman–Crippen MR) is 132 cm³/mol. The first-order valence-corrected chi connectivity index (χ1v) is 12.5. The summed E-state index contributed by atoms with van der Waals surface area (Å²) in [6.07, 6.45) is 5.51. The molecule has 0 aliphatic rings. The number of terminal acetylenes is 1. The van der Waals surface area contributed by atoms with Gasteiger partial charge in [0, 0.05) is 6.42 Å². The summed E-state index contributed by atoms with van der Waals surface area (Å²) in [5.41, 5.74) is 0. The summed E-state index contributed by atoms with van der Waals surface area (Å²) in [6, 6.07) is 0. The Morgan fingerprint density at radius 3 is 0.889 bits per heavy atom. The zero-order chi connectivity index (χ0) is 26.2. The van der Waals surface area contributed by atoms with Gasteiger partial charge in [0.15, 0.2) is 0 Å². The van der Waals surface area contributed by atoms with Crippen molar-refractivity contribution in [3.8, 4) is 12.3 Å². The summed E-state index contributed by atoms with van der Waals surface area (Å²) in [5.74, 6) is 2.52. The van der Waals surface area contributed by atoms with Gasteiger partial charge in [-0.05, 0) is 6.92 Å². The fraction of sp³-hybridized carbons (Fsp3) is 0.880. The van der Waals surface area contributed by atoms with E-state index in [4.69, 9.17) is 53.8 Å². The average molecular weight is 523 g/mol. The van der Waals surface area contributed by atoms with Gasteiger partial charge >= 0.3 is 0 Å². The zero-order valence-corrected chi connectivity index (χ0v) is 21.9. The van der Waals surface area contributed by atoms with Gasteiger partial charge in [0.2, 0.25) is 0 Å². The topological polar surface area (TPSA) is 109 Å². The van der Waals surface area contributed by atoms with Gasteiger partial charge < -0.3 is 47.4 Å². The number of Topliss-reactive ketones (excluding diaryl/α,β-unsaturated/α-hetero) is 1. The van der Waals surface area contributed by atoms with Crippen LogP contribution in [0, 0.1) is 12.3 Å². The van der Waals surface area contributed by atoms with E-state index in [0.717, 1.165) is 0 Å². The minimum Gasteiger partial charge on any atom is -0.379 e. The number of hydrogen-bond acceptors (Lipinski definition) is 11. The normalized spacial score (nSPS) is 11.1. The van der Waals surface area contributed by atoms with Crippen molar-refractivity contribution in [1.29, 1.82) is 0 Å². The highest BCUT2D eigenvalue weighted by atomic mass is 16.6. The van der Waals surface area contributed by atoms with Gasteiger partial charge in [-0.15, -0.1) is 6.42 Å². The molecule has 36 heavy (non-hydrogen) atoms. The Bertz CT molecular complexity index is 485. The third-order valence-electron chi connectivity index (χ3n) is 4.13. The highest BCUT2D eigenvalue weighted by Gasteiger charge is 1.96. The minimum absolute atomic E-state index is 0.127. The molecule has 0 amide bonds. The fourth-order valence-corrected chi connectivity index (χ4v) is 2.33. The average Bonchev–Trinajstić information content (AvgIpc) is 2.87. The standard InChI is InChI=1S/C25H46O11/c1-3-5-27-7-9-29-11-13-31-15-17-33-19-21-35-23-24-36-22-20-34-18-16-32-14-12-30-10-8-28-6-4-25(2)26/h1H,4-24H2,2H3. The van der Waals surface area contributed by atoms with Gasteiger partial charge in [0.25, 0.3) is 0 Å². The molecule has 0 aromatic heterocycles. The summed E-state index contributed by atoms with van der Waals surface area (Å²) in [7, 11) is 0. The molecule has 0 spiro atoms. The van der Waals surface area contributed by atoms with Crippen molar-refractivity contribution < 1.29 is 52.2 Å². The van der Waals surface area contributed by atoms with Crippen LogP contribution in [0.4, 0.5) is 0 Å². The Morgan fingerprint density at radius 1 is 0.444 bits per heavy atom. The SMILES string of the molecule is C#CCOCCOCCOCCOCCOCCOCCOCCOCCOCCOCCC(C)=O. The second kappa shape index (κ2) is 31.9. The minimum atomic E-state index is 0.127. The quantitative estimate of drug-likeness (QED) is 0.0951. The van der Waals surface area contributed by atoms with Crippen LogP contribution in [0.3, 0.4) is 0 Å². The van der Waals surface area contributed by atoms with E-state index in [1.54, 1.807) is 6.92 Å². The van der Waals surface area contributed by atoms with Gasteiger partial charge in [0.05, 0.1) is 126 Å². The van der Waals surface area contributed by atoms with E-state index in [1.807, 2.05) is 0 Å². The molecule has 0 saturated carbocycles. The van der Waals surface area contributed by atoms with Crippen LogP contribution in [0.2, 0.25) is 0 Å². The van der Waals surface area contributed by atoms with Crippen LogP contribution in [0.1, 0.15) is 13.3 Å². The Labute approximate surface area is 216 Å². The van der Waals surface area contributed by atoms with Crippen molar-refractivity contribution >= 4 is 5.78 Å². The lowest BCUT2D eigenvalue weighted by Crippen LogP contribution is -2.15. The predicted octanol–water partition coefficient (Wildman–Crippen LogP) is 0.765. The lowest BCUT2D eigenvalue weighted by molar-refractivity contribution is -0.118. The van der Waals surface area contributed by atoms with E-state index in [1.165, 1.54) is 0 Å². The molecule has 0 atom stereocenters. The number of carbonyl (C=O) groups excluding carboxylic acids is 1. The maximum absolute atomic E-state index is 10.7. The largest absolute Gasteiger partial charge is 0.379 e. The van der Waals surface area contributed by atoms with Crippen LogP contribution in [-0.4, -0.2) is 138 Å². The third kappa shape index (κ3) is 32.8. The molecule has 0 aromatic carbocycles. The van der Waals surface area contributed by atoms with Gasteiger partial charge in [-0.25, -0.2) is 0 Å². The lowest BCUT2D eigenvalue weighted by Gasteiger charge is -2.09. The highest BCUT2D eigenvalue weighted by molar-refractivity contribution is 5.75. The summed E-state index contributed by atoms with van der Waals surface area (Å²) in [6.45, 7) is 11.4. The number of hydrogen-bond donors (Lipinski definition) is 0. The molecular formula is C25H46O11. The Morgan fingerprint density at radius 2 is 0.667 bits per heavy atom. The molecule has 212 valence electrons. The molecule has 11 nitrogen and oxygen atoms in total. The van der Waals surface area contributed by atoms with Crippen molar-refractivity contribution in [2.24, 2.45) is 0 Å². The van der Waals surface area contributed by atoms with Gasteiger partial charge in [0.1, 0.15) is 12.4 Å². The molecule has 11 heteroatoms. The fourth-order valence-electron chi connectivity index (χ4n) is 2.33. The number of carbonyl (C=O) groups is 1. The molecular weight excluding hydrogens is 476 g/mol. The molecule has 0 N–H and O–H groups in total. The van der Waals surface area contributed by atoms with Gasteiger partial charge in [-0.3, -0.25) is 4.79 Å². The number of ether oxygens (including phenoxy) is 10. The first-order valence-electron chi connectivity index (χ1n) is 12.5. The van der Waals surface area contributed by atoms with Crippen molar-refractivity contribution in [2.45, 2.75) is 13.3 Å². The zero-order valence-electron chi connectivity index (χ0n) is 21.9. The van der Waals surface area contributed by atoms with E-state index < -0.39 is 0 Å².